The van der Waals surface area contributed by atoms with Crippen molar-refractivity contribution >= 4 is 29.2 Å². The molecule has 20 heavy (non-hydrogen) atoms. The number of piperidine rings is 1. The predicted molar refractivity (Wildman–Crippen MR) is 77.3 cm³/mol. The van der Waals surface area contributed by atoms with Gasteiger partial charge in [0.15, 0.2) is 0 Å². The highest BCUT2D eigenvalue weighted by Gasteiger charge is 2.26. The van der Waals surface area contributed by atoms with Crippen LogP contribution in [0.25, 0.3) is 11.6 Å². The minimum Gasteiger partial charge on any atom is -0.462 e. The molecule has 5 heteroatoms. The van der Waals surface area contributed by atoms with E-state index in [-0.39, 0.29) is 17.9 Å². The summed E-state index contributed by atoms with van der Waals surface area (Å²) in [6, 6.07) is -0.390. The number of nitrogens with one attached hydrogen (secondary N) is 2. The smallest absolute Gasteiger partial charge is 0.249 e. The molecule has 0 saturated carbocycles. The zero-order valence-electron chi connectivity index (χ0n) is 12.1. The van der Waals surface area contributed by atoms with E-state index in [4.69, 9.17) is 4.42 Å². The number of amides is 2. The Balaban J connectivity index is 2.31. The van der Waals surface area contributed by atoms with Crippen molar-refractivity contribution in [1.82, 2.24) is 5.32 Å². The number of rotatable bonds is 3. The van der Waals surface area contributed by atoms with Crippen LogP contribution in [0.2, 0.25) is 0 Å². The van der Waals surface area contributed by atoms with E-state index in [1.807, 2.05) is 13.8 Å². The lowest BCUT2D eigenvalue weighted by molar-refractivity contribution is -0.133. The van der Waals surface area contributed by atoms with Gasteiger partial charge >= 0.3 is 0 Å². The summed E-state index contributed by atoms with van der Waals surface area (Å²) in [5, 5.41) is 6.51. The Bertz CT molecular complexity index is 639. The van der Waals surface area contributed by atoms with Crippen LogP contribution >= 0.6 is 0 Å². The predicted octanol–water partition coefficient (Wildman–Crippen LogP) is 0.878. The van der Waals surface area contributed by atoms with Gasteiger partial charge in [-0.2, -0.15) is 0 Å². The third kappa shape index (κ3) is 2.92. The molecule has 1 atom stereocenters. The fourth-order valence-electron chi connectivity index (χ4n) is 2.29. The molecule has 1 aliphatic rings. The Kier molecular flexibility index (Phi) is 4.27. The largest absolute Gasteiger partial charge is 0.462 e. The summed E-state index contributed by atoms with van der Waals surface area (Å²) in [7, 11) is 0. The number of carbonyl (C=O) groups excluding carboxylic acids is 2. The van der Waals surface area contributed by atoms with Crippen LogP contribution in [0.1, 0.15) is 40.0 Å². The van der Waals surface area contributed by atoms with Crippen LogP contribution in [0.4, 0.5) is 5.69 Å². The highest BCUT2D eigenvalue weighted by Crippen LogP contribution is 2.10. The Morgan fingerprint density at radius 1 is 1.50 bits per heavy atom. The van der Waals surface area contributed by atoms with E-state index in [9.17, 15) is 9.59 Å². The van der Waals surface area contributed by atoms with Gasteiger partial charge in [0.25, 0.3) is 0 Å². The van der Waals surface area contributed by atoms with Gasteiger partial charge in [-0.05, 0) is 32.3 Å². The number of carbonyl (C=O) groups is 2. The van der Waals surface area contributed by atoms with E-state index in [0.29, 0.717) is 12.8 Å². The maximum atomic E-state index is 11.8. The highest BCUT2D eigenvalue weighted by molar-refractivity contribution is 6.01. The molecule has 5 nitrogen and oxygen atoms in total. The fourth-order valence-corrected chi connectivity index (χ4v) is 2.29. The normalized spacial score (nSPS) is 19.9. The van der Waals surface area contributed by atoms with Gasteiger partial charge in [-0.15, -0.1) is 0 Å². The first kappa shape index (κ1) is 14.4. The molecule has 108 valence electrons. The number of imide groups is 1. The second kappa shape index (κ2) is 5.94. The SMILES string of the molecule is CC/C=c1/c(NC2CCC(=O)NC2=O)coc1=C(C)C. The zero-order valence-corrected chi connectivity index (χ0v) is 12.1. The summed E-state index contributed by atoms with van der Waals surface area (Å²) in [5.41, 5.74) is 2.72. The zero-order chi connectivity index (χ0) is 14.7. The summed E-state index contributed by atoms with van der Waals surface area (Å²) in [4.78, 5) is 22.9. The number of hydrogen-bond donors (Lipinski definition) is 2. The molecule has 0 radical (unpaired) electrons. The molecular weight excluding hydrogens is 256 g/mol. The van der Waals surface area contributed by atoms with Crippen LogP contribution in [0, 0.1) is 0 Å². The molecule has 1 fully saturated rings. The van der Waals surface area contributed by atoms with Crippen molar-refractivity contribution in [3.8, 4) is 0 Å². The van der Waals surface area contributed by atoms with Crippen molar-refractivity contribution in [2.75, 3.05) is 5.32 Å². The van der Waals surface area contributed by atoms with Gasteiger partial charge in [0.05, 0.1) is 5.69 Å². The van der Waals surface area contributed by atoms with Crippen LogP contribution in [0.15, 0.2) is 10.7 Å². The summed E-state index contributed by atoms with van der Waals surface area (Å²) in [6.07, 6.45) is 5.45. The molecule has 0 spiro atoms. The van der Waals surface area contributed by atoms with Gasteiger partial charge in [0, 0.05) is 11.6 Å². The van der Waals surface area contributed by atoms with Crippen molar-refractivity contribution in [1.29, 1.82) is 0 Å². The number of anilines is 1. The lowest BCUT2D eigenvalue weighted by Crippen LogP contribution is -2.48. The molecule has 1 saturated heterocycles. The summed E-state index contributed by atoms with van der Waals surface area (Å²) in [5.74, 6) is -0.484. The lowest BCUT2D eigenvalue weighted by atomic mass is 10.1. The average Bonchev–Trinajstić information content (AvgIpc) is 2.77. The van der Waals surface area contributed by atoms with Crippen molar-refractivity contribution < 1.29 is 14.0 Å². The second-order valence-corrected chi connectivity index (χ2v) is 5.15. The first-order valence-electron chi connectivity index (χ1n) is 6.88. The average molecular weight is 276 g/mol. The van der Waals surface area contributed by atoms with E-state index in [1.165, 1.54) is 0 Å². The lowest BCUT2D eigenvalue weighted by Gasteiger charge is -2.21. The van der Waals surface area contributed by atoms with Gasteiger partial charge in [-0.3, -0.25) is 14.9 Å². The molecule has 1 unspecified atom stereocenters. The Labute approximate surface area is 117 Å². The summed E-state index contributed by atoms with van der Waals surface area (Å²) in [6.45, 7) is 6.03. The van der Waals surface area contributed by atoms with Crippen molar-refractivity contribution in [2.45, 2.75) is 46.1 Å². The van der Waals surface area contributed by atoms with Crippen molar-refractivity contribution in [2.24, 2.45) is 0 Å². The van der Waals surface area contributed by atoms with Gasteiger partial charge in [-0.1, -0.05) is 13.0 Å². The second-order valence-electron chi connectivity index (χ2n) is 5.15. The molecule has 2 heterocycles. The first-order valence-corrected chi connectivity index (χ1v) is 6.88. The quantitative estimate of drug-likeness (QED) is 0.804. The molecule has 0 aliphatic carbocycles. The van der Waals surface area contributed by atoms with Crippen molar-refractivity contribution in [3.63, 3.8) is 0 Å². The summed E-state index contributed by atoms with van der Waals surface area (Å²) >= 11 is 0. The van der Waals surface area contributed by atoms with Gasteiger partial charge in [0.2, 0.25) is 11.8 Å². The van der Waals surface area contributed by atoms with E-state index in [0.717, 1.165) is 28.3 Å². The molecule has 0 aromatic carbocycles. The Morgan fingerprint density at radius 2 is 2.25 bits per heavy atom. The third-order valence-electron chi connectivity index (χ3n) is 3.26. The van der Waals surface area contributed by atoms with Crippen LogP contribution in [-0.2, 0) is 9.59 Å². The Morgan fingerprint density at radius 3 is 2.85 bits per heavy atom. The number of hydrogen-bond acceptors (Lipinski definition) is 4. The fraction of sp³-hybridized carbons (Fsp3) is 0.467. The number of furan rings is 1. The molecule has 2 rings (SSSR count). The molecule has 1 aliphatic heterocycles. The van der Waals surface area contributed by atoms with E-state index < -0.39 is 0 Å². The molecule has 1 aromatic rings. The van der Waals surface area contributed by atoms with Gasteiger partial charge in [0.1, 0.15) is 17.7 Å². The van der Waals surface area contributed by atoms with Crippen LogP contribution in [-0.4, -0.2) is 17.9 Å². The molecule has 2 N–H and O–H groups in total. The van der Waals surface area contributed by atoms with Crippen LogP contribution in [0.5, 0.6) is 0 Å². The molecule has 0 bridgehead atoms. The Hall–Kier alpha value is -2.04. The van der Waals surface area contributed by atoms with Crippen LogP contribution < -0.4 is 21.3 Å². The maximum absolute atomic E-state index is 11.8. The monoisotopic (exact) mass is 276 g/mol. The highest BCUT2D eigenvalue weighted by atomic mass is 16.3. The van der Waals surface area contributed by atoms with E-state index >= 15 is 0 Å². The summed E-state index contributed by atoms with van der Waals surface area (Å²) < 4.78 is 5.58. The van der Waals surface area contributed by atoms with Gasteiger partial charge < -0.3 is 9.73 Å². The molecular formula is C15H20N2O3. The minimum absolute atomic E-state index is 0.209. The van der Waals surface area contributed by atoms with Gasteiger partial charge in [-0.25, -0.2) is 0 Å². The maximum Gasteiger partial charge on any atom is 0.249 e. The minimum atomic E-state index is -0.390. The molecule has 2 amide bonds. The van der Waals surface area contributed by atoms with Crippen molar-refractivity contribution in [3.05, 3.63) is 16.9 Å². The van der Waals surface area contributed by atoms with Crippen LogP contribution in [0.3, 0.4) is 0 Å². The van der Waals surface area contributed by atoms with E-state index in [1.54, 1.807) is 6.26 Å². The topological polar surface area (TPSA) is 71.3 Å². The first-order chi connectivity index (χ1) is 9.52. The standard InChI is InChI=1S/C15H20N2O3/c1-4-5-10-12(8-20-14(10)9(2)3)16-11-6-7-13(18)17-15(11)19/h5,8,11,16H,4,6-7H2,1-3H3,(H,17,18,19)/b10-5-. The molecule has 1 aromatic heterocycles. The third-order valence-corrected chi connectivity index (χ3v) is 3.26. The van der Waals surface area contributed by atoms with E-state index in [2.05, 4.69) is 23.6 Å².